The van der Waals surface area contributed by atoms with Crippen molar-refractivity contribution in [2.75, 3.05) is 11.4 Å². The number of sulfonamides is 1. The van der Waals surface area contributed by atoms with Gasteiger partial charge in [0.15, 0.2) is 0 Å². The van der Waals surface area contributed by atoms with Gasteiger partial charge >= 0.3 is 0 Å². The molecule has 0 radical (unpaired) electrons. The summed E-state index contributed by atoms with van der Waals surface area (Å²) in [5.74, 6) is 0.134. The molecule has 2 aliphatic heterocycles. The molecule has 144 valence electrons. The number of nitrogens with zero attached hydrogens (tertiary/aromatic N) is 1. The molecular formula is C20H18N2O3S3. The highest BCUT2D eigenvalue weighted by Gasteiger charge is 2.33. The summed E-state index contributed by atoms with van der Waals surface area (Å²) in [4.78, 5) is 15.2. The highest BCUT2D eigenvalue weighted by molar-refractivity contribution is 7.89. The normalized spacial score (nSPS) is 17.0. The van der Waals surface area contributed by atoms with Crippen LogP contribution in [0.2, 0.25) is 0 Å². The molecule has 0 saturated heterocycles. The van der Waals surface area contributed by atoms with Crippen molar-refractivity contribution >= 4 is 44.3 Å². The summed E-state index contributed by atoms with van der Waals surface area (Å²) in [6, 6.07) is 8.90. The van der Waals surface area contributed by atoms with Gasteiger partial charge in [0.1, 0.15) is 0 Å². The lowest BCUT2D eigenvalue weighted by atomic mass is 10.00. The fraction of sp³-hybridized carbons (Fsp3) is 0.250. The van der Waals surface area contributed by atoms with Crippen molar-refractivity contribution in [3.63, 3.8) is 0 Å². The predicted octanol–water partition coefficient (Wildman–Crippen LogP) is 3.71. The van der Waals surface area contributed by atoms with E-state index in [0.717, 1.165) is 27.3 Å². The van der Waals surface area contributed by atoms with Gasteiger partial charge in [0.25, 0.3) is 0 Å². The number of thiophene rings is 2. The number of anilines is 1. The summed E-state index contributed by atoms with van der Waals surface area (Å²) in [7, 11) is -3.71. The molecule has 2 aromatic heterocycles. The standard InChI is InChI=1S/C20H18N2O3S3/c23-18-4-3-13-10-16(11-14-5-7-22(18)20(13)14)28(24,25)21-19(15-6-9-26-12-15)17-2-1-8-27-17/h1-2,6,8-12,19,21H,3-5,7H2/t19-/m1/s1. The van der Waals surface area contributed by atoms with E-state index in [9.17, 15) is 13.2 Å². The van der Waals surface area contributed by atoms with Crippen LogP contribution in [0.5, 0.6) is 0 Å². The Labute approximate surface area is 171 Å². The Balaban J connectivity index is 1.53. The van der Waals surface area contributed by atoms with E-state index in [-0.39, 0.29) is 10.8 Å². The molecule has 1 amide bonds. The minimum absolute atomic E-state index is 0.134. The third-order valence-corrected chi connectivity index (χ3v) is 8.35. The van der Waals surface area contributed by atoms with Crippen LogP contribution in [0.25, 0.3) is 0 Å². The second-order valence-corrected chi connectivity index (χ2v) is 10.5. The van der Waals surface area contributed by atoms with Gasteiger partial charge < -0.3 is 4.90 Å². The lowest BCUT2D eigenvalue weighted by Gasteiger charge is -2.26. The number of aryl methyl sites for hydroxylation is 1. The van der Waals surface area contributed by atoms with Gasteiger partial charge in [-0.2, -0.15) is 16.1 Å². The molecule has 1 N–H and O–H groups in total. The molecular weight excluding hydrogens is 412 g/mol. The highest BCUT2D eigenvalue weighted by atomic mass is 32.2. The van der Waals surface area contributed by atoms with E-state index in [4.69, 9.17) is 0 Å². The second-order valence-electron chi connectivity index (χ2n) is 7.01. The third-order valence-electron chi connectivity index (χ3n) is 5.31. The molecule has 0 spiro atoms. The summed E-state index contributed by atoms with van der Waals surface area (Å²) in [6.07, 6.45) is 1.74. The number of nitrogens with one attached hydrogen (secondary N) is 1. The summed E-state index contributed by atoms with van der Waals surface area (Å²) >= 11 is 3.09. The zero-order chi connectivity index (χ0) is 19.3. The summed E-state index contributed by atoms with van der Waals surface area (Å²) in [5, 5.41) is 5.88. The van der Waals surface area contributed by atoms with Gasteiger partial charge in [0, 0.05) is 17.8 Å². The number of rotatable bonds is 5. The van der Waals surface area contributed by atoms with Gasteiger partial charge in [0.2, 0.25) is 15.9 Å². The molecule has 0 fully saturated rings. The topological polar surface area (TPSA) is 66.5 Å². The molecule has 2 aliphatic rings. The third kappa shape index (κ3) is 3.00. The van der Waals surface area contributed by atoms with E-state index in [1.807, 2.05) is 34.3 Å². The molecule has 28 heavy (non-hydrogen) atoms. The zero-order valence-electron chi connectivity index (χ0n) is 14.9. The maximum Gasteiger partial charge on any atom is 0.241 e. The van der Waals surface area contributed by atoms with Crippen molar-refractivity contribution < 1.29 is 13.2 Å². The quantitative estimate of drug-likeness (QED) is 0.671. The molecule has 0 saturated carbocycles. The van der Waals surface area contributed by atoms with E-state index in [0.29, 0.717) is 25.8 Å². The fourth-order valence-electron chi connectivity index (χ4n) is 3.99. The molecule has 1 aromatic carbocycles. The first kappa shape index (κ1) is 18.1. The molecule has 4 heterocycles. The van der Waals surface area contributed by atoms with Crippen LogP contribution >= 0.6 is 22.7 Å². The van der Waals surface area contributed by atoms with E-state index >= 15 is 0 Å². The van der Waals surface area contributed by atoms with Crippen LogP contribution in [0.1, 0.15) is 34.0 Å². The van der Waals surface area contributed by atoms with Crippen LogP contribution in [-0.2, 0) is 27.7 Å². The lowest BCUT2D eigenvalue weighted by molar-refractivity contribution is -0.118. The molecule has 3 aromatic rings. The van der Waals surface area contributed by atoms with Crippen molar-refractivity contribution in [1.29, 1.82) is 0 Å². The second kappa shape index (κ2) is 6.81. The van der Waals surface area contributed by atoms with Crippen molar-refractivity contribution in [2.45, 2.75) is 30.2 Å². The summed E-state index contributed by atoms with van der Waals surface area (Å²) in [6.45, 7) is 0.644. The molecule has 0 unspecified atom stereocenters. The predicted molar refractivity (Wildman–Crippen MR) is 112 cm³/mol. The van der Waals surface area contributed by atoms with Crippen molar-refractivity contribution in [1.82, 2.24) is 4.72 Å². The Morgan fingerprint density at radius 2 is 1.89 bits per heavy atom. The monoisotopic (exact) mass is 430 g/mol. The van der Waals surface area contributed by atoms with Gasteiger partial charge in [-0.05, 0) is 69.9 Å². The average molecular weight is 431 g/mol. The van der Waals surface area contributed by atoms with Gasteiger partial charge in [-0.3, -0.25) is 4.79 Å². The maximum absolute atomic E-state index is 13.3. The van der Waals surface area contributed by atoms with Gasteiger partial charge in [-0.1, -0.05) is 6.07 Å². The van der Waals surface area contributed by atoms with Crippen LogP contribution < -0.4 is 9.62 Å². The molecule has 0 bridgehead atoms. The van der Waals surface area contributed by atoms with Crippen molar-refractivity contribution in [3.05, 3.63) is 68.0 Å². The number of carbonyl (C=O) groups is 1. The Hall–Kier alpha value is -2.00. The SMILES string of the molecule is O=C1CCc2cc(S(=O)(=O)N[C@H](c3ccsc3)c3cccs3)cc3c2N1CC3. The summed E-state index contributed by atoms with van der Waals surface area (Å²) in [5.41, 5.74) is 3.78. The highest BCUT2D eigenvalue weighted by Crippen LogP contribution is 2.39. The van der Waals surface area contributed by atoms with E-state index < -0.39 is 16.1 Å². The largest absolute Gasteiger partial charge is 0.312 e. The lowest BCUT2D eigenvalue weighted by Crippen LogP contribution is -2.33. The van der Waals surface area contributed by atoms with Gasteiger partial charge in [-0.25, -0.2) is 8.42 Å². The van der Waals surface area contributed by atoms with Crippen LogP contribution in [0.4, 0.5) is 5.69 Å². The van der Waals surface area contributed by atoms with Crippen LogP contribution in [0.15, 0.2) is 51.4 Å². The smallest absolute Gasteiger partial charge is 0.241 e. The number of hydrogen-bond acceptors (Lipinski definition) is 5. The van der Waals surface area contributed by atoms with Crippen LogP contribution in [0, 0.1) is 0 Å². The van der Waals surface area contributed by atoms with Crippen molar-refractivity contribution in [2.24, 2.45) is 0 Å². The van der Waals surface area contributed by atoms with Crippen molar-refractivity contribution in [3.8, 4) is 0 Å². The summed E-state index contributed by atoms with van der Waals surface area (Å²) < 4.78 is 29.5. The van der Waals surface area contributed by atoms with E-state index in [1.54, 1.807) is 28.4 Å². The van der Waals surface area contributed by atoms with Crippen LogP contribution in [0.3, 0.4) is 0 Å². The number of hydrogen-bond donors (Lipinski definition) is 1. The minimum atomic E-state index is -3.71. The van der Waals surface area contributed by atoms with E-state index in [2.05, 4.69) is 4.72 Å². The number of benzene rings is 1. The molecule has 0 aliphatic carbocycles. The fourth-order valence-corrected chi connectivity index (χ4v) is 6.86. The van der Waals surface area contributed by atoms with Gasteiger partial charge in [-0.15, -0.1) is 11.3 Å². The first-order valence-electron chi connectivity index (χ1n) is 9.07. The first-order valence-corrected chi connectivity index (χ1v) is 12.4. The maximum atomic E-state index is 13.3. The molecule has 5 rings (SSSR count). The Bertz CT molecular complexity index is 1100. The minimum Gasteiger partial charge on any atom is -0.312 e. The van der Waals surface area contributed by atoms with Crippen LogP contribution in [-0.4, -0.2) is 20.9 Å². The Morgan fingerprint density at radius 3 is 2.61 bits per heavy atom. The molecule has 8 heteroatoms. The Morgan fingerprint density at radius 1 is 1.07 bits per heavy atom. The Kier molecular flexibility index (Phi) is 4.39. The molecule has 1 atom stereocenters. The number of amides is 1. The molecule has 5 nitrogen and oxygen atoms in total. The van der Waals surface area contributed by atoms with Gasteiger partial charge in [0.05, 0.1) is 16.6 Å². The number of carbonyl (C=O) groups excluding carboxylic acids is 1. The zero-order valence-corrected chi connectivity index (χ0v) is 17.4. The average Bonchev–Trinajstić information content (AvgIpc) is 3.45. The first-order chi connectivity index (χ1) is 13.5. The van der Waals surface area contributed by atoms with E-state index in [1.165, 1.54) is 11.3 Å².